The molecule has 1 amide bonds. The molecule has 7 heteroatoms. The highest BCUT2D eigenvalue weighted by Gasteiger charge is 2.59. The molecule has 2 unspecified atom stereocenters. The van der Waals surface area contributed by atoms with Gasteiger partial charge in [-0.25, -0.2) is 13.8 Å². The van der Waals surface area contributed by atoms with Gasteiger partial charge in [-0.1, -0.05) is 6.92 Å². The molecule has 2 atom stereocenters. The van der Waals surface area contributed by atoms with Crippen molar-refractivity contribution < 1.29 is 13.6 Å². The number of fused-ring (bicyclic) bond motifs is 1. The van der Waals surface area contributed by atoms with Crippen molar-refractivity contribution in [2.75, 3.05) is 13.1 Å². The van der Waals surface area contributed by atoms with Gasteiger partial charge in [-0.3, -0.25) is 14.8 Å². The second-order valence-electron chi connectivity index (χ2n) is 5.77. The third-order valence-corrected chi connectivity index (χ3v) is 4.68. The van der Waals surface area contributed by atoms with Crippen molar-refractivity contribution in [3.05, 3.63) is 29.6 Å². The van der Waals surface area contributed by atoms with Crippen molar-refractivity contribution in [2.24, 2.45) is 5.41 Å². The molecule has 116 valence electrons. The number of nitrogens with zero attached hydrogens (tertiary/aromatic N) is 4. The van der Waals surface area contributed by atoms with Crippen LogP contribution in [0.5, 0.6) is 0 Å². The number of carbonyl (C=O) groups excluding carboxylic acids is 1. The third-order valence-electron chi connectivity index (χ3n) is 4.68. The van der Waals surface area contributed by atoms with E-state index in [2.05, 4.69) is 4.98 Å². The molecule has 1 aromatic rings. The van der Waals surface area contributed by atoms with E-state index < -0.39 is 17.7 Å². The number of nitriles is 1. The summed E-state index contributed by atoms with van der Waals surface area (Å²) in [6, 6.07) is 3.36. The lowest BCUT2D eigenvalue weighted by Crippen LogP contribution is -2.41. The average molecular weight is 306 g/mol. The van der Waals surface area contributed by atoms with Gasteiger partial charge in [0.05, 0.1) is 11.6 Å². The SMILES string of the molecule is CCC1(C(F)F)CN2CCC(c3cncc(C#N)c3)N2C1=O. The smallest absolute Gasteiger partial charge is 0.254 e. The molecule has 0 aliphatic carbocycles. The van der Waals surface area contributed by atoms with E-state index in [1.807, 2.05) is 6.07 Å². The van der Waals surface area contributed by atoms with Crippen molar-refractivity contribution in [3.63, 3.8) is 0 Å². The molecule has 0 spiro atoms. The normalized spacial score (nSPS) is 28.2. The molecule has 22 heavy (non-hydrogen) atoms. The van der Waals surface area contributed by atoms with Crippen molar-refractivity contribution in [1.29, 1.82) is 5.26 Å². The maximum atomic E-state index is 13.5. The van der Waals surface area contributed by atoms with Crippen LogP contribution in [0.3, 0.4) is 0 Å². The van der Waals surface area contributed by atoms with Gasteiger partial charge in [0.15, 0.2) is 0 Å². The van der Waals surface area contributed by atoms with Crippen molar-refractivity contribution in [2.45, 2.75) is 32.2 Å². The Labute approximate surface area is 127 Å². The summed E-state index contributed by atoms with van der Waals surface area (Å²) in [6.45, 7) is 2.24. The minimum absolute atomic E-state index is 0.0574. The predicted octanol–water partition coefficient (Wildman–Crippen LogP) is 2.12. The van der Waals surface area contributed by atoms with Gasteiger partial charge in [-0.2, -0.15) is 5.26 Å². The van der Waals surface area contributed by atoms with E-state index in [1.54, 1.807) is 24.2 Å². The first-order valence-electron chi connectivity index (χ1n) is 7.25. The zero-order valence-electron chi connectivity index (χ0n) is 12.2. The number of halogens is 2. The minimum atomic E-state index is -2.68. The van der Waals surface area contributed by atoms with E-state index in [1.165, 1.54) is 11.2 Å². The molecule has 2 saturated heterocycles. The highest BCUT2D eigenvalue weighted by Crippen LogP contribution is 2.46. The molecule has 1 aromatic heterocycles. The van der Waals surface area contributed by atoms with Crippen molar-refractivity contribution in [1.82, 2.24) is 15.0 Å². The standard InChI is InChI=1S/C15H16F2N4O/c1-2-15(13(16)17)9-20-4-3-12(21(20)14(15)22)11-5-10(6-18)7-19-8-11/h5,7-8,12-13H,2-4,9H2,1H3. The lowest BCUT2D eigenvalue weighted by atomic mass is 9.84. The van der Waals surface area contributed by atoms with Crippen LogP contribution in [0.25, 0.3) is 0 Å². The van der Waals surface area contributed by atoms with Crippen LogP contribution in [0.1, 0.15) is 36.9 Å². The quantitative estimate of drug-likeness (QED) is 0.858. The zero-order valence-corrected chi connectivity index (χ0v) is 12.2. The molecule has 0 radical (unpaired) electrons. The van der Waals surface area contributed by atoms with Gasteiger partial charge in [0, 0.05) is 25.5 Å². The monoisotopic (exact) mass is 306 g/mol. The predicted molar refractivity (Wildman–Crippen MR) is 73.5 cm³/mol. The van der Waals surface area contributed by atoms with E-state index >= 15 is 0 Å². The summed E-state index contributed by atoms with van der Waals surface area (Å²) in [5.41, 5.74) is -0.492. The number of hydrogen-bond donors (Lipinski definition) is 0. The molecule has 2 aliphatic rings. The molecule has 0 N–H and O–H groups in total. The maximum absolute atomic E-state index is 13.5. The highest BCUT2D eigenvalue weighted by atomic mass is 19.3. The van der Waals surface area contributed by atoms with Gasteiger partial charge in [0.25, 0.3) is 12.3 Å². The van der Waals surface area contributed by atoms with E-state index in [9.17, 15) is 13.6 Å². The van der Waals surface area contributed by atoms with Crippen LogP contribution >= 0.6 is 0 Å². The largest absolute Gasteiger partial charge is 0.272 e. The first kappa shape index (κ1) is 14.9. The Morgan fingerprint density at radius 2 is 2.32 bits per heavy atom. The molecule has 3 heterocycles. The van der Waals surface area contributed by atoms with Gasteiger partial charge < -0.3 is 0 Å². The molecule has 2 aliphatic heterocycles. The van der Waals surface area contributed by atoms with E-state index in [-0.39, 0.29) is 19.0 Å². The first-order valence-corrected chi connectivity index (χ1v) is 7.25. The maximum Gasteiger partial charge on any atom is 0.254 e. The zero-order chi connectivity index (χ0) is 15.9. The van der Waals surface area contributed by atoms with Gasteiger partial charge in [0.1, 0.15) is 11.5 Å². The van der Waals surface area contributed by atoms with E-state index in [0.717, 1.165) is 5.56 Å². The van der Waals surface area contributed by atoms with Gasteiger partial charge in [-0.15, -0.1) is 0 Å². The summed E-state index contributed by atoms with van der Waals surface area (Å²) in [5.74, 6) is -0.519. The van der Waals surface area contributed by atoms with Crippen molar-refractivity contribution in [3.8, 4) is 6.07 Å². The van der Waals surface area contributed by atoms with Gasteiger partial charge >= 0.3 is 0 Å². The Hall–Kier alpha value is -2.07. The number of carbonyl (C=O) groups is 1. The summed E-state index contributed by atoms with van der Waals surface area (Å²) in [5, 5.41) is 12.1. The Balaban J connectivity index is 1.95. The Bertz CT molecular complexity index is 645. The number of hydrazine groups is 1. The van der Waals surface area contributed by atoms with Gasteiger partial charge in [0.2, 0.25) is 0 Å². The molecular weight excluding hydrogens is 290 g/mol. The van der Waals surface area contributed by atoms with Crippen molar-refractivity contribution >= 4 is 5.91 Å². The average Bonchev–Trinajstić information content (AvgIpc) is 3.06. The lowest BCUT2D eigenvalue weighted by Gasteiger charge is -2.27. The second-order valence-corrected chi connectivity index (χ2v) is 5.77. The number of amides is 1. The summed E-state index contributed by atoms with van der Waals surface area (Å²) in [7, 11) is 0. The highest BCUT2D eigenvalue weighted by molar-refractivity contribution is 5.85. The number of alkyl halides is 2. The van der Waals surface area contributed by atoms with Crippen LogP contribution in [-0.4, -0.2) is 40.4 Å². The molecule has 3 rings (SSSR count). The fourth-order valence-corrected chi connectivity index (χ4v) is 3.33. The summed E-state index contributed by atoms with van der Waals surface area (Å²) in [6.07, 6.45) is 1.12. The summed E-state index contributed by atoms with van der Waals surface area (Å²) < 4.78 is 26.9. The Kier molecular flexibility index (Phi) is 3.57. The second kappa shape index (κ2) is 5.29. The van der Waals surface area contributed by atoms with Gasteiger partial charge in [-0.05, 0) is 24.5 Å². The fourth-order valence-electron chi connectivity index (χ4n) is 3.33. The van der Waals surface area contributed by atoms with Crippen LogP contribution in [0.2, 0.25) is 0 Å². The third kappa shape index (κ3) is 1.98. The molecule has 0 saturated carbocycles. The summed E-state index contributed by atoms with van der Waals surface area (Å²) >= 11 is 0. The number of pyridine rings is 1. The number of rotatable bonds is 3. The molecule has 0 aromatic carbocycles. The first-order chi connectivity index (χ1) is 10.5. The molecule has 2 fully saturated rings. The van der Waals surface area contributed by atoms with Crippen LogP contribution in [0.4, 0.5) is 8.78 Å². The summed E-state index contributed by atoms with van der Waals surface area (Å²) in [4.78, 5) is 16.6. The molecule has 5 nitrogen and oxygen atoms in total. The molecule has 0 bridgehead atoms. The van der Waals surface area contributed by atoms with Crippen LogP contribution in [0, 0.1) is 16.7 Å². The van der Waals surface area contributed by atoms with E-state index in [0.29, 0.717) is 18.5 Å². The Morgan fingerprint density at radius 1 is 1.55 bits per heavy atom. The number of hydrogen-bond acceptors (Lipinski definition) is 4. The topological polar surface area (TPSA) is 60.2 Å². The van der Waals surface area contributed by atoms with E-state index in [4.69, 9.17) is 5.26 Å². The van der Waals surface area contributed by atoms with Crippen LogP contribution in [0.15, 0.2) is 18.5 Å². The Morgan fingerprint density at radius 3 is 2.95 bits per heavy atom. The minimum Gasteiger partial charge on any atom is -0.272 e. The fraction of sp³-hybridized carbons (Fsp3) is 0.533. The van der Waals surface area contributed by atoms with Crippen LogP contribution < -0.4 is 0 Å². The number of aromatic nitrogens is 1. The van der Waals surface area contributed by atoms with Crippen LogP contribution in [-0.2, 0) is 4.79 Å². The molecular formula is C15H16F2N4O. The lowest BCUT2D eigenvalue weighted by molar-refractivity contribution is -0.148.